The minimum Gasteiger partial charge on any atom is -0.490 e. The molecule has 156 valence electrons. The molecule has 0 heterocycles. The molecule has 6 nitrogen and oxygen atoms in total. The molecule has 6 heteroatoms. The maximum Gasteiger partial charge on any atom is 0.269 e. The molecule has 0 fully saturated rings. The van der Waals surface area contributed by atoms with E-state index in [0.29, 0.717) is 29.2 Å². The van der Waals surface area contributed by atoms with Crippen LogP contribution in [0.15, 0.2) is 72.8 Å². The van der Waals surface area contributed by atoms with E-state index in [1.165, 1.54) is 12.1 Å². The lowest BCUT2D eigenvalue weighted by atomic mass is 10.0. The first-order chi connectivity index (χ1) is 15.0. The van der Waals surface area contributed by atoms with Gasteiger partial charge < -0.3 is 9.47 Å². The monoisotopic (exact) mass is 414 g/mol. The van der Waals surface area contributed by atoms with Gasteiger partial charge in [-0.15, -0.1) is 0 Å². The third kappa shape index (κ3) is 5.49. The summed E-state index contributed by atoms with van der Waals surface area (Å²) in [5.41, 5.74) is 2.79. The Morgan fingerprint density at radius 2 is 1.81 bits per heavy atom. The van der Waals surface area contributed by atoms with Crippen molar-refractivity contribution in [2.75, 3.05) is 6.61 Å². The number of hydrogen-bond acceptors (Lipinski definition) is 5. The molecule has 3 aromatic rings. The fourth-order valence-electron chi connectivity index (χ4n) is 3.07. The van der Waals surface area contributed by atoms with Crippen LogP contribution < -0.4 is 9.47 Å². The topological polar surface area (TPSA) is 85.4 Å². The lowest BCUT2D eigenvalue weighted by molar-refractivity contribution is -0.384. The number of non-ortho nitro benzene ring substituents is 1. The molecule has 0 aliphatic carbocycles. The molecular formula is C25H22N2O4. The second kappa shape index (κ2) is 10.1. The summed E-state index contributed by atoms with van der Waals surface area (Å²) in [5, 5.41) is 20.4. The van der Waals surface area contributed by atoms with Crippen molar-refractivity contribution in [1.82, 2.24) is 0 Å². The van der Waals surface area contributed by atoms with Gasteiger partial charge in [0.25, 0.3) is 5.69 Å². The number of ether oxygens (including phenoxy) is 2. The average molecular weight is 414 g/mol. The zero-order valence-corrected chi connectivity index (χ0v) is 17.3. The molecule has 0 aliphatic rings. The first kappa shape index (κ1) is 21.6. The second-order valence-corrected chi connectivity index (χ2v) is 6.78. The van der Waals surface area contributed by atoms with Gasteiger partial charge in [-0.05, 0) is 60.9 Å². The number of benzene rings is 3. The lowest BCUT2D eigenvalue weighted by Crippen LogP contribution is -2.05. The van der Waals surface area contributed by atoms with Crippen LogP contribution in [0, 0.1) is 21.4 Å². The molecule has 0 bridgehead atoms. The van der Waals surface area contributed by atoms with Crippen molar-refractivity contribution in [2.45, 2.75) is 20.0 Å². The summed E-state index contributed by atoms with van der Waals surface area (Å²) >= 11 is 0. The quantitative estimate of drug-likeness (QED) is 0.190. The summed E-state index contributed by atoms with van der Waals surface area (Å²) in [6, 6.07) is 23.4. The highest BCUT2D eigenvalue weighted by atomic mass is 16.6. The van der Waals surface area contributed by atoms with E-state index in [-0.39, 0.29) is 11.8 Å². The fourth-order valence-corrected chi connectivity index (χ4v) is 3.07. The van der Waals surface area contributed by atoms with Crippen LogP contribution in [0.25, 0.3) is 11.6 Å². The molecule has 0 saturated carbocycles. The summed E-state index contributed by atoms with van der Waals surface area (Å²) in [4.78, 5) is 10.4. The molecule has 0 aliphatic heterocycles. The van der Waals surface area contributed by atoms with Gasteiger partial charge in [-0.3, -0.25) is 10.1 Å². The normalized spacial score (nSPS) is 12.0. The lowest BCUT2D eigenvalue weighted by Gasteiger charge is -2.18. The van der Waals surface area contributed by atoms with Gasteiger partial charge in [0.1, 0.15) is 6.10 Å². The molecule has 1 atom stereocenters. The third-order valence-corrected chi connectivity index (χ3v) is 4.66. The SMILES string of the molecule is CCOc1cc(/C=C(\C#N)c2ccc([N+](=O)[O-])cc2)ccc1O[C@H](C)c1ccccc1. The second-order valence-electron chi connectivity index (χ2n) is 6.78. The average Bonchev–Trinajstić information content (AvgIpc) is 2.79. The van der Waals surface area contributed by atoms with E-state index in [9.17, 15) is 15.4 Å². The van der Waals surface area contributed by atoms with Crippen LogP contribution >= 0.6 is 0 Å². The molecule has 3 aromatic carbocycles. The van der Waals surface area contributed by atoms with E-state index < -0.39 is 4.92 Å². The van der Waals surface area contributed by atoms with Crippen LogP contribution in [0.3, 0.4) is 0 Å². The van der Waals surface area contributed by atoms with Gasteiger partial charge >= 0.3 is 0 Å². The number of nitro benzene ring substituents is 1. The first-order valence-corrected chi connectivity index (χ1v) is 9.87. The van der Waals surface area contributed by atoms with Gasteiger partial charge in [0.2, 0.25) is 0 Å². The number of nitrogens with zero attached hydrogens (tertiary/aromatic N) is 2. The van der Waals surface area contributed by atoms with Gasteiger partial charge in [-0.25, -0.2) is 0 Å². The van der Waals surface area contributed by atoms with Crippen LogP contribution in [-0.2, 0) is 0 Å². The minimum atomic E-state index is -0.469. The van der Waals surface area contributed by atoms with Crippen LogP contribution in [0.4, 0.5) is 5.69 Å². The van der Waals surface area contributed by atoms with Crippen molar-refractivity contribution in [1.29, 1.82) is 5.26 Å². The Kier molecular flexibility index (Phi) is 7.02. The van der Waals surface area contributed by atoms with E-state index in [0.717, 1.165) is 11.1 Å². The number of nitro groups is 1. The van der Waals surface area contributed by atoms with Crippen molar-refractivity contribution in [2.24, 2.45) is 0 Å². The zero-order chi connectivity index (χ0) is 22.2. The summed E-state index contributed by atoms with van der Waals surface area (Å²) < 4.78 is 11.9. The van der Waals surface area contributed by atoms with Crippen LogP contribution in [0.2, 0.25) is 0 Å². The van der Waals surface area contributed by atoms with Gasteiger partial charge in [0.15, 0.2) is 11.5 Å². The Balaban J connectivity index is 1.88. The minimum absolute atomic E-state index is 0.0197. The number of allylic oxidation sites excluding steroid dienone is 1. The molecule has 0 N–H and O–H groups in total. The van der Waals surface area contributed by atoms with E-state index in [2.05, 4.69) is 6.07 Å². The molecule has 0 amide bonds. The maximum absolute atomic E-state index is 10.8. The number of nitriles is 1. The van der Waals surface area contributed by atoms with E-state index in [4.69, 9.17) is 9.47 Å². The summed E-state index contributed by atoms with van der Waals surface area (Å²) in [6.07, 6.45) is 1.56. The first-order valence-electron chi connectivity index (χ1n) is 9.87. The molecule has 3 rings (SSSR count). The Labute approximate surface area is 181 Å². The Hall–Kier alpha value is -4.11. The smallest absolute Gasteiger partial charge is 0.269 e. The van der Waals surface area contributed by atoms with Gasteiger partial charge in [-0.2, -0.15) is 5.26 Å². The molecule has 31 heavy (non-hydrogen) atoms. The maximum atomic E-state index is 10.8. The highest BCUT2D eigenvalue weighted by Crippen LogP contribution is 2.33. The molecule has 0 radical (unpaired) electrons. The summed E-state index contributed by atoms with van der Waals surface area (Å²) in [6.45, 7) is 4.34. The van der Waals surface area contributed by atoms with Crippen molar-refractivity contribution in [3.8, 4) is 17.6 Å². The van der Waals surface area contributed by atoms with Crippen LogP contribution in [0.5, 0.6) is 11.5 Å². The molecule has 0 aromatic heterocycles. The summed E-state index contributed by atoms with van der Waals surface area (Å²) in [5.74, 6) is 1.20. The zero-order valence-electron chi connectivity index (χ0n) is 17.3. The van der Waals surface area contributed by atoms with Crippen LogP contribution in [-0.4, -0.2) is 11.5 Å². The van der Waals surface area contributed by atoms with E-state index in [1.807, 2.05) is 62.4 Å². The predicted molar refractivity (Wildman–Crippen MR) is 120 cm³/mol. The number of hydrogen-bond donors (Lipinski definition) is 0. The Bertz CT molecular complexity index is 1120. The largest absolute Gasteiger partial charge is 0.490 e. The summed E-state index contributed by atoms with van der Waals surface area (Å²) in [7, 11) is 0. The molecule has 0 unspecified atom stereocenters. The van der Waals surface area contributed by atoms with E-state index in [1.54, 1.807) is 18.2 Å². The number of rotatable bonds is 8. The standard InChI is InChI=1S/C25H22N2O4/c1-3-30-25-16-19(9-14-24(25)31-18(2)20-7-5-4-6-8-20)15-22(17-26)21-10-12-23(13-11-21)27(28)29/h4-16,18H,3H2,1-2H3/b22-15+/t18-/m1/s1. The van der Waals surface area contributed by atoms with Gasteiger partial charge in [-0.1, -0.05) is 36.4 Å². The molecule has 0 spiro atoms. The Morgan fingerprint density at radius 3 is 2.42 bits per heavy atom. The van der Waals surface area contributed by atoms with Crippen LogP contribution in [0.1, 0.15) is 36.6 Å². The molecular weight excluding hydrogens is 392 g/mol. The Morgan fingerprint density at radius 1 is 1.10 bits per heavy atom. The highest BCUT2D eigenvalue weighted by Gasteiger charge is 2.13. The fraction of sp³-hybridized carbons (Fsp3) is 0.160. The molecule has 0 saturated heterocycles. The van der Waals surface area contributed by atoms with Crippen molar-refractivity contribution >= 4 is 17.3 Å². The predicted octanol–water partition coefficient (Wildman–Crippen LogP) is 6.20. The van der Waals surface area contributed by atoms with Crippen molar-refractivity contribution in [3.63, 3.8) is 0 Å². The van der Waals surface area contributed by atoms with Gasteiger partial charge in [0, 0.05) is 12.1 Å². The van der Waals surface area contributed by atoms with Gasteiger partial charge in [0.05, 0.1) is 23.2 Å². The third-order valence-electron chi connectivity index (χ3n) is 4.66. The van der Waals surface area contributed by atoms with Crippen molar-refractivity contribution in [3.05, 3.63) is 99.6 Å². The van der Waals surface area contributed by atoms with Crippen molar-refractivity contribution < 1.29 is 14.4 Å². The highest BCUT2D eigenvalue weighted by molar-refractivity contribution is 5.90. The van der Waals surface area contributed by atoms with E-state index >= 15 is 0 Å².